The highest BCUT2D eigenvalue weighted by atomic mass is 35.5. The number of hydrogen-bond donors (Lipinski definition) is 1. The molecule has 1 amide bonds. The van der Waals surface area contributed by atoms with Crippen LogP contribution in [0.2, 0.25) is 5.02 Å². The van der Waals surface area contributed by atoms with Crippen LogP contribution in [0.15, 0.2) is 30.6 Å². The minimum absolute atomic E-state index is 0.0618. The topological polar surface area (TPSA) is 107 Å². The Hall–Kier alpha value is -3.77. The second-order valence-corrected chi connectivity index (χ2v) is 8.69. The number of nitrogens with one attached hydrogen (secondary N) is 1. The molecular formula is C22H17ClF6N6O3. The van der Waals surface area contributed by atoms with Crippen LogP contribution >= 0.6 is 11.6 Å². The van der Waals surface area contributed by atoms with E-state index in [1.54, 1.807) is 0 Å². The molecule has 4 rings (SSSR count). The van der Waals surface area contributed by atoms with Crippen LogP contribution in [0.5, 0.6) is 5.88 Å². The Labute approximate surface area is 215 Å². The molecule has 1 N–H and O–H groups in total. The normalized spacial score (nSPS) is 14.7. The van der Waals surface area contributed by atoms with E-state index >= 15 is 0 Å². The Morgan fingerprint density at radius 3 is 2.53 bits per heavy atom. The summed E-state index contributed by atoms with van der Waals surface area (Å²) in [4.78, 5) is 12.7. The van der Waals surface area contributed by atoms with Gasteiger partial charge in [-0.05, 0) is 30.5 Å². The Morgan fingerprint density at radius 1 is 1.21 bits per heavy atom. The molecule has 38 heavy (non-hydrogen) atoms. The molecule has 202 valence electrons. The number of aryl methyl sites for hydroxylation is 1. The fraction of sp³-hybridized carbons (Fsp3) is 0.364. The molecule has 1 fully saturated rings. The number of nitrogens with zero attached hydrogens (tertiary/aromatic N) is 5. The summed E-state index contributed by atoms with van der Waals surface area (Å²) in [5, 5.41) is 19.5. The van der Waals surface area contributed by atoms with E-state index in [4.69, 9.17) is 16.3 Å². The number of rotatable bonds is 8. The first kappa shape index (κ1) is 27.3. The second-order valence-electron chi connectivity index (χ2n) is 8.28. The van der Waals surface area contributed by atoms with E-state index in [9.17, 15) is 36.4 Å². The summed E-state index contributed by atoms with van der Waals surface area (Å²) < 4.78 is 88.2. The van der Waals surface area contributed by atoms with Crippen LogP contribution < -0.4 is 10.1 Å². The lowest BCUT2D eigenvalue weighted by Gasteiger charge is -2.12. The van der Waals surface area contributed by atoms with Gasteiger partial charge in [0.15, 0.2) is 11.4 Å². The van der Waals surface area contributed by atoms with Crippen molar-refractivity contribution in [1.82, 2.24) is 24.9 Å². The number of benzene rings is 1. The lowest BCUT2D eigenvalue weighted by atomic mass is 10.1. The third-order valence-corrected chi connectivity index (χ3v) is 5.85. The number of halogens is 7. The van der Waals surface area contributed by atoms with Crippen LogP contribution in [0.1, 0.15) is 28.8 Å². The van der Waals surface area contributed by atoms with E-state index in [2.05, 4.69) is 20.3 Å². The van der Waals surface area contributed by atoms with Crippen LogP contribution in [0.25, 0.3) is 16.9 Å². The highest BCUT2D eigenvalue weighted by Gasteiger charge is 2.45. The molecule has 0 spiro atoms. The van der Waals surface area contributed by atoms with Crippen molar-refractivity contribution < 1.29 is 40.6 Å². The van der Waals surface area contributed by atoms with Gasteiger partial charge >= 0.3 is 12.5 Å². The molecule has 9 nitrogen and oxygen atoms in total. The zero-order valence-corrected chi connectivity index (χ0v) is 20.1. The molecule has 1 aliphatic carbocycles. The van der Waals surface area contributed by atoms with Gasteiger partial charge in [0.1, 0.15) is 12.1 Å². The molecule has 2 aromatic heterocycles. The summed E-state index contributed by atoms with van der Waals surface area (Å²) in [6.07, 6.45) is -6.47. The van der Waals surface area contributed by atoms with Crippen molar-refractivity contribution in [3.8, 4) is 28.9 Å². The van der Waals surface area contributed by atoms with E-state index in [1.807, 2.05) is 6.07 Å². The first-order valence-corrected chi connectivity index (χ1v) is 11.2. The van der Waals surface area contributed by atoms with Crippen molar-refractivity contribution >= 4 is 17.5 Å². The van der Waals surface area contributed by atoms with Gasteiger partial charge in [-0.2, -0.15) is 23.5 Å². The van der Waals surface area contributed by atoms with Crippen molar-refractivity contribution in [3.63, 3.8) is 0 Å². The highest BCUT2D eigenvalue weighted by molar-refractivity contribution is 6.34. The van der Waals surface area contributed by atoms with Gasteiger partial charge in [-0.25, -0.2) is 9.36 Å². The summed E-state index contributed by atoms with van der Waals surface area (Å²) in [5.41, 5.74) is -1.53. The average molecular weight is 563 g/mol. The van der Waals surface area contributed by atoms with E-state index in [1.165, 1.54) is 37.6 Å². The number of amides is 1. The molecule has 0 radical (unpaired) electrons. The molecule has 0 saturated heterocycles. The van der Waals surface area contributed by atoms with E-state index in [-0.39, 0.29) is 10.6 Å². The lowest BCUT2D eigenvalue weighted by molar-refractivity contribution is -0.325. The molecule has 0 bridgehead atoms. The SMILES string of the molecule is Cn1nc(OCCOC(F)(F)F)c(C(F)(F)F)c1-n1cc(-c2ccc(Cl)c(C(=O)NC3(C#N)CC3)c2)cn1. The van der Waals surface area contributed by atoms with E-state index in [0.717, 1.165) is 9.36 Å². The molecule has 0 aliphatic heterocycles. The molecular weight excluding hydrogens is 546 g/mol. The van der Waals surface area contributed by atoms with Crippen LogP contribution in [-0.2, 0) is 18.0 Å². The summed E-state index contributed by atoms with van der Waals surface area (Å²) in [6.45, 7) is -1.88. The van der Waals surface area contributed by atoms with Gasteiger partial charge in [0, 0.05) is 18.8 Å². The maximum atomic E-state index is 13.9. The van der Waals surface area contributed by atoms with Gasteiger partial charge in [0.05, 0.1) is 29.5 Å². The fourth-order valence-corrected chi connectivity index (χ4v) is 3.74. The first-order valence-electron chi connectivity index (χ1n) is 10.8. The number of alkyl halides is 6. The van der Waals surface area contributed by atoms with E-state index in [0.29, 0.717) is 24.0 Å². The van der Waals surface area contributed by atoms with Gasteiger partial charge < -0.3 is 10.1 Å². The number of ether oxygens (including phenoxy) is 2. The second kappa shape index (κ2) is 9.84. The summed E-state index contributed by atoms with van der Waals surface area (Å²) in [7, 11) is 1.18. The quantitative estimate of drug-likeness (QED) is 0.316. The van der Waals surface area contributed by atoms with Crippen LogP contribution in [0.4, 0.5) is 26.3 Å². The molecule has 3 aromatic rings. The molecule has 1 aromatic carbocycles. The van der Waals surface area contributed by atoms with Crippen molar-refractivity contribution in [2.75, 3.05) is 13.2 Å². The van der Waals surface area contributed by atoms with Crippen LogP contribution in [-0.4, -0.2) is 50.6 Å². The number of carbonyl (C=O) groups is 1. The van der Waals surface area contributed by atoms with Crippen molar-refractivity contribution in [3.05, 3.63) is 46.7 Å². The predicted octanol–water partition coefficient (Wildman–Crippen LogP) is 4.65. The Kier molecular flexibility index (Phi) is 7.06. The fourth-order valence-electron chi connectivity index (χ4n) is 3.54. The van der Waals surface area contributed by atoms with Gasteiger partial charge in [-0.1, -0.05) is 17.7 Å². The Morgan fingerprint density at radius 2 is 1.92 bits per heavy atom. The molecule has 16 heteroatoms. The van der Waals surface area contributed by atoms with E-state index < -0.39 is 54.5 Å². The largest absolute Gasteiger partial charge is 0.522 e. The molecule has 1 saturated carbocycles. The Balaban J connectivity index is 1.62. The number of aromatic nitrogens is 4. The summed E-state index contributed by atoms with van der Waals surface area (Å²) >= 11 is 6.16. The smallest absolute Gasteiger partial charge is 0.474 e. The zero-order chi connectivity index (χ0) is 27.9. The number of nitriles is 1. The van der Waals surface area contributed by atoms with Crippen molar-refractivity contribution in [1.29, 1.82) is 5.26 Å². The third kappa shape index (κ3) is 5.86. The van der Waals surface area contributed by atoms with Crippen LogP contribution in [0, 0.1) is 11.3 Å². The third-order valence-electron chi connectivity index (χ3n) is 5.52. The molecule has 2 heterocycles. The summed E-state index contributed by atoms with van der Waals surface area (Å²) in [6, 6.07) is 6.40. The molecule has 0 atom stereocenters. The van der Waals surface area contributed by atoms with Crippen LogP contribution in [0.3, 0.4) is 0 Å². The first-order chi connectivity index (χ1) is 17.7. The zero-order valence-electron chi connectivity index (χ0n) is 19.3. The van der Waals surface area contributed by atoms with Gasteiger partial charge in [0.2, 0.25) is 5.88 Å². The number of carbonyl (C=O) groups excluding carboxylic acids is 1. The highest BCUT2D eigenvalue weighted by Crippen LogP contribution is 2.40. The molecule has 1 aliphatic rings. The standard InChI is InChI=1S/C22H17ClF6N6O3/c1-34-19(16(21(24,25)26)18(33-34)37-6-7-38-22(27,28)29)35-10-13(9-31-35)12-2-3-15(23)14(8-12)17(36)32-20(11-30)4-5-20/h2-3,8-10H,4-7H2,1H3,(H,32,36). The number of hydrogen-bond acceptors (Lipinski definition) is 6. The minimum atomic E-state index is -5.00. The summed E-state index contributed by atoms with van der Waals surface area (Å²) in [5.74, 6) is -2.09. The predicted molar refractivity (Wildman–Crippen MR) is 118 cm³/mol. The minimum Gasteiger partial charge on any atom is -0.474 e. The average Bonchev–Trinajstić information content (AvgIpc) is 3.26. The maximum Gasteiger partial charge on any atom is 0.522 e. The van der Waals surface area contributed by atoms with Crippen molar-refractivity contribution in [2.45, 2.75) is 30.9 Å². The van der Waals surface area contributed by atoms with Gasteiger partial charge in [-0.3, -0.25) is 9.53 Å². The van der Waals surface area contributed by atoms with Crippen molar-refractivity contribution in [2.24, 2.45) is 7.05 Å². The maximum absolute atomic E-state index is 13.9. The Bertz CT molecular complexity index is 1400. The van der Waals surface area contributed by atoms with Gasteiger partial charge in [0.25, 0.3) is 5.91 Å². The van der Waals surface area contributed by atoms with Gasteiger partial charge in [-0.15, -0.1) is 18.3 Å². The molecule has 0 unspecified atom stereocenters. The lowest BCUT2D eigenvalue weighted by Crippen LogP contribution is -2.35. The monoisotopic (exact) mass is 562 g/mol.